The van der Waals surface area contributed by atoms with Crippen molar-refractivity contribution in [1.82, 2.24) is 9.88 Å². The number of para-hydroxylation sites is 1. The Morgan fingerprint density at radius 2 is 2.04 bits per heavy atom. The molecule has 0 radical (unpaired) electrons. The fourth-order valence-electron chi connectivity index (χ4n) is 4.08. The van der Waals surface area contributed by atoms with Gasteiger partial charge in [0, 0.05) is 11.4 Å². The molecule has 1 aromatic carbocycles. The highest BCUT2D eigenvalue weighted by Gasteiger charge is 2.26. The van der Waals surface area contributed by atoms with Crippen molar-refractivity contribution in [1.29, 1.82) is 0 Å². The van der Waals surface area contributed by atoms with Gasteiger partial charge in [-0.25, -0.2) is 0 Å². The molecule has 0 saturated heterocycles. The zero-order valence-electron chi connectivity index (χ0n) is 14.4. The van der Waals surface area contributed by atoms with Crippen LogP contribution in [0.2, 0.25) is 0 Å². The van der Waals surface area contributed by atoms with Gasteiger partial charge in [0.15, 0.2) is 0 Å². The van der Waals surface area contributed by atoms with Gasteiger partial charge in [-0.3, -0.25) is 4.79 Å². The molecule has 1 aromatic heterocycles. The molecule has 1 amide bonds. The minimum Gasteiger partial charge on any atom is -0.486 e. The lowest BCUT2D eigenvalue weighted by molar-refractivity contribution is 0.0917. The number of amides is 1. The van der Waals surface area contributed by atoms with Crippen molar-refractivity contribution in [2.45, 2.75) is 70.6 Å². The van der Waals surface area contributed by atoms with Gasteiger partial charge in [-0.05, 0) is 31.4 Å². The number of ether oxygens (including phenoxy) is 1. The molecule has 0 unspecified atom stereocenters. The summed E-state index contributed by atoms with van der Waals surface area (Å²) in [7, 11) is 0. The molecule has 2 aliphatic rings. The van der Waals surface area contributed by atoms with Crippen LogP contribution in [0, 0.1) is 0 Å². The summed E-state index contributed by atoms with van der Waals surface area (Å²) in [5.41, 5.74) is 1.84. The summed E-state index contributed by atoms with van der Waals surface area (Å²) in [5, 5.41) is 4.38. The SMILES string of the molecule is CC[C@H]1Cn2c(C(=O)NC3CCCCCC3)cc3cccc(c32)O1. The molecule has 0 spiro atoms. The molecule has 1 aliphatic carbocycles. The van der Waals surface area contributed by atoms with E-state index < -0.39 is 0 Å². The number of aromatic nitrogens is 1. The number of carbonyl (C=O) groups excluding carboxylic acids is 1. The molecule has 24 heavy (non-hydrogen) atoms. The van der Waals surface area contributed by atoms with Crippen molar-refractivity contribution in [3.63, 3.8) is 0 Å². The van der Waals surface area contributed by atoms with E-state index in [-0.39, 0.29) is 12.0 Å². The summed E-state index contributed by atoms with van der Waals surface area (Å²) in [6.45, 7) is 2.88. The maximum atomic E-state index is 12.9. The van der Waals surface area contributed by atoms with Gasteiger partial charge in [0.1, 0.15) is 17.5 Å². The Bertz CT molecular complexity index is 741. The molecule has 2 heterocycles. The van der Waals surface area contributed by atoms with Crippen molar-refractivity contribution >= 4 is 16.8 Å². The highest BCUT2D eigenvalue weighted by molar-refractivity contribution is 6.00. The minimum absolute atomic E-state index is 0.0702. The minimum atomic E-state index is 0.0702. The first-order valence-corrected chi connectivity index (χ1v) is 9.36. The van der Waals surface area contributed by atoms with E-state index in [1.165, 1.54) is 25.7 Å². The molecule has 128 valence electrons. The first kappa shape index (κ1) is 15.6. The van der Waals surface area contributed by atoms with Crippen LogP contribution < -0.4 is 10.1 Å². The molecular formula is C20H26N2O2. The van der Waals surface area contributed by atoms with Crippen molar-refractivity contribution in [3.8, 4) is 5.75 Å². The van der Waals surface area contributed by atoms with Crippen LogP contribution in [0.5, 0.6) is 5.75 Å². The number of rotatable bonds is 3. The van der Waals surface area contributed by atoms with E-state index in [1.807, 2.05) is 18.2 Å². The first-order chi connectivity index (χ1) is 11.8. The summed E-state index contributed by atoms with van der Waals surface area (Å²) >= 11 is 0. The zero-order valence-corrected chi connectivity index (χ0v) is 14.4. The predicted octanol–water partition coefficient (Wildman–Crippen LogP) is 4.26. The fraction of sp³-hybridized carbons (Fsp3) is 0.550. The lowest BCUT2D eigenvalue weighted by atomic mass is 10.1. The van der Waals surface area contributed by atoms with E-state index >= 15 is 0 Å². The van der Waals surface area contributed by atoms with Crippen LogP contribution in [0.4, 0.5) is 0 Å². The van der Waals surface area contributed by atoms with Gasteiger partial charge in [0.05, 0.1) is 12.1 Å². The maximum Gasteiger partial charge on any atom is 0.268 e. The Balaban J connectivity index is 1.65. The highest BCUT2D eigenvalue weighted by atomic mass is 16.5. The van der Waals surface area contributed by atoms with Crippen LogP contribution in [0.1, 0.15) is 62.4 Å². The topological polar surface area (TPSA) is 43.3 Å². The van der Waals surface area contributed by atoms with Crippen molar-refractivity contribution in [2.24, 2.45) is 0 Å². The molecule has 2 aromatic rings. The fourth-order valence-corrected chi connectivity index (χ4v) is 4.08. The number of nitrogens with zero attached hydrogens (tertiary/aromatic N) is 1. The largest absolute Gasteiger partial charge is 0.486 e. The van der Waals surface area contributed by atoms with E-state index in [2.05, 4.69) is 22.9 Å². The van der Waals surface area contributed by atoms with E-state index in [4.69, 9.17) is 4.74 Å². The third-order valence-electron chi connectivity index (χ3n) is 5.44. The summed E-state index contributed by atoms with van der Waals surface area (Å²) in [5.74, 6) is 0.972. The highest BCUT2D eigenvalue weighted by Crippen LogP contribution is 2.34. The molecule has 4 rings (SSSR count). The number of hydrogen-bond acceptors (Lipinski definition) is 2. The third-order valence-corrected chi connectivity index (χ3v) is 5.44. The van der Waals surface area contributed by atoms with Gasteiger partial charge < -0.3 is 14.6 Å². The third kappa shape index (κ3) is 2.79. The molecule has 1 atom stereocenters. The van der Waals surface area contributed by atoms with Crippen molar-refractivity contribution in [2.75, 3.05) is 0 Å². The molecule has 1 N–H and O–H groups in total. The van der Waals surface area contributed by atoms with E-state index in [9.17, 15) is 4.79 Å². The van der Waals surface area contributed by atoms with Gasteiger partial charge in [0.2, 0.25) is 0 Å². The predicted molar refractivity (Wildman–Crippen MR) is 95.6 cm³/mol. The first-order valence-electron chi connectivity index (χ1n) is 9.36. The molecule has 4 heteroatoms. The summed E-state index contributed by atoms with van der Waals surface area (Å²) in [4.78, 5) is 12.9. The second-order valence-electron chi connectivity index (χ2n) is 7.14. The second kappa shape index (κ2) is 6.50. The average Bonchev–Trinajstić information content (AvgIpc) is 2.79. The van der Waals surface area contributed by atoms with Gasteiger partial charge in [-0.2, -0.15) is 0 Å². The van der Waals surface area contributed by atoms with Crippen LogP contribution in [-0.4, -0.2) is 22.6 Å². The number of benzene rings is 1. The normalized spacial score (nSPS) is 21.3. The van der Waals surface area contributed by atoms with Crippen LogP contribution in [0.25, 0.3) is 10.9 Å². The number of carbonyl (C=O) groups is 1. The Hall–Kier alpha value is -1.97. The van der Waals surface area contributed by atoms with Gasteiger partial charge in [0.25, 0.3) is 5.91 Å². The maximum absolute atomic E-state index is 12.9. The van der Waals surface area contributed by atoms with Crippen molar-refractivity contribution < 1.29 is 9.53 Å². The van der Waals surface area contributed by atoms with Gasteiger partial charge >= 0.3 is 0 Å². The molecule has 1 fully saturated rings. The van der Waals surface area contributed by atoms with Crippen LogP contribution in [-0.2, 0) is 6.54 Å². The van der Waals surface area contributed by atoms with E-state index in [1.54, 1.807) is 0 Å². The average molecular weight is 326 g/mol. The monoisotopic (exact) mass is 326 g/mol. The standard InChI is InChI=1S/C20H26N2O2/c1-2-16-13-22-17(12-14-8-7-11-18(24-16)19(14)22)20(23)21-15-9-5-3-4-6-10-15/h7-8,11-12,15-16H,2-6,9-10,13H2,1H3,(H,21,23)/t16-/m0/s1. The van der Waals surface area contributed by atoms with E-state index in [0.29, 0.717) is 6.04 Å². The Morgan fingerprint density at radius 3 is 2.79 bits per heavy atom. The zero-order chi connectivity index (χ0) is 16.5. The molecular weight excluding hydrogens is 300 g/mol. The van der Waals surface area contributed by atoms with Gasteiger partial charge in [-0.15, -0.1) is 0 Å². The summed E-state index contributed by atoms with van der Waals surface area (Å²) in [6, 6.07) is 8.42. The quantitative estimate of drug-likeness (QED) is 0.856. The number of nitrogens with one attached hydrogen (secondary N) is 1. The second-order valence-corrected chi connectivity index (χ2v) is 7.14. The molecule has 0 bridgehead atoms. The number of hydrogen-bond donors (Lipinski definition) is 1. The molecule has 1 aliphatic heterocycles. The van der Waals surface area contributed by atoms with Crippen LogP contribution >= 0.6 is 0 Å². The Morgan fingerprint density at radius 1 is 1.25 bits per heavy atom. The Labute approximate surface area is 143 Å². The van der Waals surface area contributed by atoms with Crippen LogP contribution in [0.3, 0.4) is 0 Å². The lowest BCUT2D eigenvalue weighted by Crippen LogP contribution is -2.37. The van der Waals surface area contributed by atoms with E-state index in [0.717, 1.165) is 48.2 Å². The Kier molecular flexibility index (Phi) is 4.21. The smallest absolute Gasteiger partial charge is 0.268 e. The van der Waals surface area contributed by atoms with Crippen LogP contribution in [0.15, 0.2) is 24.3 Å². The lowest BCUT2D eigenvalue weighted by Gasteiger charge is -2.26. The molecule has 4 nitrogen and oxygen atoms in total. The van der Waals surface area contributed by atoms with Crippen molar-refractivity contribution in [3.05, 3.63) is 30.0 Å². The molecule has 1 saturated carbocycles. The summed E-state index contributed by atoms with van der Waals surface area (Å²) < 4.78 is 8.22. The van der Waals surface area contributed by atoms with Gasteiger partial charge in [-0.1, -0.05) is 44.7 Å². The summed E-state index contributed by atoms with van der Waals surface area (Å²) in [6.07, 6.45) is 8.35.